The van der Waals surface area contributed by atoms with Crippen molar-refractivity contribution in [3.8, 4) is 0 Å². The molecule has 3 unspecified atom stereocenters. The average molecular weight is 217 g/mol. The van der Waals surface area contributed by atoms with Crippen molar-refractivity contribution in [2.24, 2.45) is 17.8 Å². The van der Waals surface area contributed by atoms with Crippen LogP contribution in [0.1, 0.15) is 34.1 Å². The van der Waals surface area contributed by atoms with Gasteiger partial charge in [0.15, 0.2) is 0 Å². The van der Waals surface area contributed by atoms with E-state index in [2.05, 4.69) is 14.1 Å². The lowest BCUT2D eigenvalue weighted by atomic mass is 10.2. The topological polar surface area (TPSA) is 20.3 Å². The number of hydrogen-bond acceptors (Lipinski definition) is 2. The Morgan fingerprint density at radius 1 is 1.21 bits per heavy atom. The van der Waals surface area contributed by atoms with Gasteiger partial charge in [0.25, 0.3) is 0 Å². The molecule has 0 aromatic carbocycles. The number of fused-ring (bicyclic) bond motifs is 1. The van der Waals surface area contributed by atoms with Gasteiger partial charge in [0.2, 0.25) is 0 Å². The number of carbonyl (C=O) groups excluding carboxylic acids is 1. The molecule has 0 amide bonds. The molecule has 14 heavy (non-hydrogen) atoms. The molecule has 2 aliphatic rings. The first-order valence-electron chi connectivity index (χ1n) is 5.76. The van der Waals surface area contributed by atoms with E-state index in [1.54, 1.807) is 0 Å². The molecular weight excluding hydrogens is 193 g/mol. The molecule has 2 fully saturated rings. The standard InChI is InChI=1S/C7H12NOP.2C2H6/c9-2-1-5-6-3-8(10)4-7(5)6;2*1-2/h2,5-7H,1,3-4,10H2;2*1-2H3. The second-order valence-corrected chi connectivity index (χ2v) is 4.08. The fourth-order valence-corrected chi connectivity index (χ4v) is 2.63. The van der Waals surface area contributed by atoms with Gasteiger partial charge < -0.3 is 4.79 Å². The molecule has 1 aliphatic heterocycles. The molecule has 0 spiro atoms. The minimum atomic E-state index is 0.745. The molecule has 1 saturated carbocycles. The molecule has 3 atom stereocenters. The van der Waals surface area contributed by atoms with E-state index >= 15 is 0 Å². The van der Waals surface area contributed by atoms with Crippen LogP contribution < -0.4 is 0 Å². The van der Waals surface area contributed by atoms with E-state index in [1.807, 2.05) is 27.7 Å². The Balaban J connectivity index is 0.000000379. The van der Waals surface area contributed by atoms with E-state index in [-0.39, 0.29) is 0 Å². The Labute approximate surface area is 90.7 Å². The van der Waals surface area contributed by atoms with Crippen molar-refractivity contribution < 1.29 is 4.79 Å². The fraction of sp³-hybridized carbons (Fsp3) is 0.909. The van der Waals surface area contributed by atoms with Crippen molar-refractivity contribution in [2.45, 2.75) is 34.1 Å². The summed E-state index contributed by atoms with van der Waals surface area (Å²) in [6, 6.07) is 0. The Morgan fingerprint density at radius 3 is 2.00 bits per heavy atom. The molecule has 2 nitrogen and oxygen atoms in total. The van der Waals surface area contributed by atoms with Crippen molar-refractivity contribution in [1.29, 1.82) is 0 Å². The smallest absolute Gasteiger partial charge is 0.120 e. The maximum Gasteiger partial charge on any atom is 0.120 e. The van der Waals surface area contributed by atoms with E-state index in [0.717, 1.165) is 30.5 Å². The van der Waals surface area contributed by atoms with Crippen molar-refractivity contribution in [3.63, 3.8) is 0 Å². The Hall–Kier alpha value is 0.0600. The fourth-order valence-electron chi connectivity index (χ4n) is 2.14. The molecule has 0 radical (unpaired) electrons. The summed E-state index contributed by atoms with van der Waals surface area (Å²) in [5, 5.41) is 0. The number of piperidine rings is 1. The normalized spacial score (nSPS) is 33.1. The molecule has 0 aromatic heterocycles. The van der Waals surface area contributed by atoms with E-state index in [9.17, 15) is 4.79 Å². The molecule has 1 heterocycles. The zero-order valence-corrected chi connectivity index (χ0v) is 11.0. The highest BCUT2D eigenvalue weighted by Gasteiger charge is 2.53. The maximum absolute atomic E-state index is 10.1. The highest BCUT2D eigenvalue weighted by Crippen LogP contribution is 2.53. The van der Waals surface area contributed by atoms with Crippen molar-refractivity contribution in [1.82, 2.24) is 4.67 Å². The summed E-state index contributed by atoms with van der Waals surface area (Å²) in [6.45, 7) is 10.4. The predicted octanol–water partition coefficient (Wildman–Crippen LogP) is 2.60. The lowest BCUT2D eigenvalue weighted by Gasteiger charge is -2.10. The van der Waals surface area contributed by atoms with Crippen LogP contribution in [0.25, 0.3) is 0 Å². The third-order valence-electron chi connectivity index (χ3n) is 2.77. The van der Waals surface area contributed by atoms with Crippen LogP contribution in [-0.2, 0) is 4.79 Å². The molecule has 3 heteroatoms. The largest absolute Gasteiger partial charge is 0.303 e. The summed E-state index contributed by atoms with van der Waals surface area (Å²) < 4.78 is 2.27. The Kier molecular flexibility index (Phi) is 7.40. The Bertz CT molecular complexity index is 151. The van der Waals surface area contributed by atoms with Gasteiger partial charge in [-0.3, -0.25) is 4.67 Å². The summed E-state index contributed by atoms with van der Waals surface area (Å²) in [5.41, 5.74) is 0. The molecule has 2 rings (SSSR count). The van der Waals surface area contributed by atoms with Gasteiger partial charge in [-0.2, -0.15) is 0 Å². The van der Waals surface area contributed by atoms with Gasteiger partial charge in [0.1, 0.15) is 6.29 Å². The van der Waals surface area contributed by atoms with Crippen LogP contribution in [0.15, 0.2) is 0 Å². The van der Waals surface area contributed by atoms with Crippen LogP contribution in [-0.4, -0.2) is 24.0 Å². The number of rotatable bonds is 2. The summed E-state index contributed by atoms with van der Waals surface area (Å²) in [6.07, 6.45) is 1.87. The third-order valence-corrected chi connectivity index (χ3v) is 3.19. The van der Waals surface area contributed by atoms with Crippen molar-refractivity contribution >= 4 is 15.7 Å². The minimum Gasteiger partial charge on any atom is -0.303 e. The van der Waals surface area contributed by atoms with Crippen LogP contribution in [0.5, 0.6) is 0 Å². The number of nitrogens with zero attached hydrogens (tertiary/aromatic N) is 1. The van der Waals surface area contributed by atoms with Crippen LogP contribution in [0.4, 0.5) is 0 Å². The first kappa shape index (κ1) is 14.1. The molecular formula is C11H24NOP. The lowest BCUT2D eigenvalue weighted by Crippen LogP contribution is -2.12. The van der Waals surface area contributed by atoms with Crippen LogP contribution in [0.2, 0.25) is 0 Å². The van der Waals surface area contributed by atoms with Crippen molar-refractivity contribution in [2.75, 3.05) is 13.1 Å². The van der Waals surface area contributed by atoms with E-state index in [4.69, 9.17) is 0 Å². The van der Waals surface area contributed by atoms with E-state index in [0.29, 0.717) is 0 Å². The number of carbonyl (C=O) groups is 1. The maximum atomic E-state index is 10.1. The second kappa shape index (κ2) is 7.36. The van der Waals surface area contributed by atoms with Gasteiger partial charge in [-0.05, 0) is 17.8 Å². The van der Waals surface area contributed by atoms with Gasteiger partial charge in [-0.1, -0.05) is 37.1 Å². The highest BCUT2D eigenvalue weighted by molar-refractivity contribution is 7.13. The first-order chi connectivity index (χ1) is 6.83. The summed E-state index contributed by atoms with van der Waals surface area (Å²) in [7, 11) is 2.72. The lowest BCUT2D eigenvalue weighted by molar-refractivity contribution is -0.108. The predicted molar refractivity (Wildman–Crippen MR) is 65.1 cm³/mol. The molecule has 1 saturated heterocycles. The Morgan fingerprint density at radius 2 is 1.64 bits per heavy atom. The van der Waals surface area contributed by atoms with Crippen LogP contribution >= 0.6 is 9.39 Å². The summed E-state index contributed by atoms with van der Waals surface area (Å²) in [5.74, 6) is 2.44. The zero-order chi connectivity index (χ0) is 11.1. The van der Waals surface area contributed by atoms with E-state index in [1.165, 1.54) is 13.1 Å². The quantitative estimate of drug-likeness (QED) is 0.523. The van der Waals surface area contributed by atoms with Gasteiger partial charge >= 0.3 is 0 Å². The molecule has 0 N–H and O–H groups in total. The average Bonchev–Trinajstić information content (AvgIpc) is 2.71. The van der Waals surface area contributed by atoms with Crippen LogP contribution in [0.3, 0.4) is 0 Å². The zero-order valence-electron chi connectivity index (χ0n) is 9.86. The molecule has 84 valence electrons. The summed E-state index contributed by atoms with van der Waals surface area (Å²) >= 11 is 0. The van der Waals surface area contributed by atoms with Gasteiger partial charge in [0.05, 0.1) is 0 Å². The first-order valence-corrected chi connectivity index (χ1v) is 6.28. The van der Waals surface area contributed by atoms with Gasteiger partial charge in [0, 0.05) is 19.5 Å². The van der Waals surface area contributed by atoms with E-state index < -0.39 is 0 Å². The molecule has 1 aliphatic carbocycles. The summed E-state index contributed by atoms with van der Waals surface area (Å²) in [4.78, 5) is 10.1. The monoisotopic (exact) mass is 217 g/mol. The minimum absolute atomic E-state index is 0.745. The van der Waals surface area contributed by atoms with Gasteiger partial charge in [-0.25, -0.2) is 0 Å². The second-order valence-electron chi connectivity index (χ2n) is 3.35. The van der Waals surface area contributed by atoms with Crippen LogP contribution in [0, 0.1) is 17.8 Å². The van der Waals surface area contributed by atoms with Crippen molar-refractivity contribution in [3.05, 3.63) is 0 Å². The SMILES string of the molecule is CC.CC.O=CCC1C2CN(P)CC12. The number of hydrogen-bond donors (Lipinski definition) is 0. The molecule has 0 bridgehead atoms. The highest BCUT2D eigenvalue weighted by atomic mass is 31.0. The number of aldehydes is 1. The molecule has 0 aromatic rings. The van der Waals surface area contributed by atoms with Gasteiger partial charge in [-0.15, -0.1) is 0 Å². The third kappa shape index (κ3) is 3.33.